The van der Waals surface area contributed by atoms with Crippen LogP contribution in [0.2, 0.25) is 0 Å². The molecule has 0 spiro atoms. The highest BCUT2D eigenvalue weighted by molar-refractivity contribution is 5.94. The van der Waals surface area contributed by atoms with Crippen LogP contribution in [0.1, 0.15) is 27.2 Å². The Hall–Kier alpha value is -3.38. The van der Waals surface area contributed by atoms with E-state index < -0.39 is 0 Å². The van der Waals surface area contributed by atoms with Gasteiger partial charge in [-0.1, -0.05) is 29.8 Å². The molecule has 0 fully saturated rings. The van der Waals surface area contributed by atoms with Crippen molar-refractivity contribution in [2.75, 3.05) is 25.6 Å². The molecule has 1 aliphatic heterocycles. The van der Waals surface area contributed by atoms with E-state index in [-0.39, 0.29) is 18.4 Å². The zero-order valence-corrected chi connectivity index (χ0v) is 17.1. The summed E-state index contributed by atoms with van der Waals surface area (Å²) in [5, 5.41) is 2.80. The SMILES string of the molecule is COCC(=O)Nc1cccc(-c2cc3c(o2)CCN(C(=O)c2cccc(C)c2)C3)c1. The summed E-state index contributed by atoms with van der Waals surface area (Å²) in [7, 11) is 1.48. The van der Waals surface area contributed by atoms with Gasteiger partial charge in [0.2, 0.25) is 5.91 Å². The van der Waals surface area contributed by atoms with Crippen molar-refractivity contribution in [3.63, 3.8) is 0 Å². The number of carbonyl (C=O) groups excluding carboxylic acids is 2. The van der Waals surface area contributed by atoms with Crippen molar-refractivity contribution < 1.29 is 18.7 Å². The highest BCUT2D eigenvalue weighted by atomic mass is 16.5. The number of ether oxygens (including phenoxy) is 1. The molecule has 6 heteroatoms. The fourth-order valence-electron chi connectivity index (χ4n) is 3.69. The molecule has 0 unspecified atom stereocenters. The van der Waals surface area contributed by atoms with Crippen molar-refractivity contribution in [2.24, 2.45) is 0 Å². The number of carbonyl (C=O) groups is 2. The van der Waals surface area contributed by atoms with Crippen LogP contribution in [-0.2, 0) is 22.5 Å². The van der Waals surface area contributed by atoms with E-state index in [1.807, 2.05) is 66.4 Å². The summed E-state index contributed by atoms with van der Waals surface area (Å²) in [6, 6.07) is 17.2. The fourth-order valence-corrected chi connectivity index (χ4v) is 3.69. The average molecular weight is 404 g/mol. The van der Waals surface area contributed by atoms with Crippen LogP contribution >= 0.6 is 0 Å². The summed E-state index contributed by atoms with van der Waals surface area (Å²) in [5.74, 6) is 1.47. The molecule has 0 bridgehead atoms. The quantitative estimate of drug-likeness (QED) is 0.697. The average Bonchev–Trinajstić information content (AvgIpc) is 3.17. The molecule has 154 valence electrons. The maximum atomic E-state index is 12.9. The zero-order chi connectivity index (χ0) is 21.1. The van der Waals surface area contributed by atoms with Crippen LogP contribution in [0.15, 0.2) is 59.0 Å². The van der Waals surface area contributed by atoms with Gasteiger partial charge in [0.25, 0.3) is 5.91 Å². The van der Waals surface area contributed by atoms with Crippen LogP contribution in [-0.4, -0.2) is 37.0 Å². The van der Waals surface area contributed by atoms with Crippen LogP contribution in [0, 0.1) is 6.92 Å². The molecule has 2 aromatic carbocycles. The number of hydrogen-bond acceptors (Lipinski definition) is 4. The topological polar surface area (TPSA) is 71.8 Å². The number of methoxy groups -OCH3 is 1. The summed E-state index contributed by atoms with van der Waals surface area (Å²) in [5.41, 5.74) is 4.35. The van der Waals surface area contributed by atoms with Crippen molar-refractivity contribution >= 4 is 17.5 Å². The maximum Gasteiger partial charge on any atom is 0.254 e. The third kappa shape index (κ3) is 4.28. The van der Waals surface area contributed by atoms with E-state index >= 15 is 0 Å². The van der Waals surface area contributed by atoms with Crippen LogP contribution in [0.4, 0.5) is 5.69 Å². The van der Waals surface area contributed by atoms with Gasteiger partial charge >= 0.3 is 0 Å². The van der Waals surface area contributed by atoms with Crippen molar-refractivity contribution in [1.29, 1.82) is 0 Å². The minimum absolute atomic E-state index is 0.00405. The molecule has 0 saturated heterocycles. The molecular formula is C24H24N2O4. The van der Waals surface area contributed by atoms with E-state index in [1.165, 1.54) is 7.11 Å². The number of nitrogens with one attached hydrogen (secondary N) is 1. The summed E-state index contributed by atoms with van der Waals surface area (Å²) in [6.45, 7) is 3.14. The number of amides is 2. The van der Waals surface area contributed by atoms with Gasteiger partial charge in [-0.3, -0.25) is 9.59 Å². The number of hydrogen-bond donors (Lipinski definition) is 1. The van der Waals surface area contributed by atoms with Gasteiger partial charge in [-0.05, 0) is 37.3 Å². The molecule has 0 radical (unpaired) electrons. The largest absolute Gasteiger partial charge is 0.461 e. The second-order valence-corrected chi connectivity index (χ2v) is 7.47. The van der Waals surface area contributed by atoms with Gasteiger partial charge in [0, 0.05) is 49.0 Å². The Morgan fingerprint density at radius 2 is 1.97 bits per heavy atom. The number of rotatable bonds is 5. The number of nitrogens with zero attached hydrogens (tertiary/aromatic N) is 1. The molecule has 6 nitrogen and oxygen atoms in total. The van der Waals surface area contributed by atoms with Crippen LogP contribution < -0.4 is 5.32 Å². The highest BCUT2D eigenvalue weighted by Crippen LogP contribution is 2.31. The molecule has 1 N–H and O–H groups in total. The minimum Gasteiger partial charge on any atom is -0.461 e. The molecule has 3 aromatic rings. The van der Waals surface area contributed by atoms with Gasteiger partial charge in [0.1, 0.15) is 18.1 Å². The smallest absolute Gasteiger partial charge is 0.254 e. The standard InChI is InChI=1S/C24H24N2O4/c1-16-5-3-7-18(11-16)24(28)26-10-9-21-19(14-26)13-22(30-21)17-6-4-8-20(12-17)25-23(27)15-29-2/h3-8,11-13H,9-10,14-15H2,1-2H3,(H,25,27). The molecule has 2 heterocycles. The number of furan rings is 1. The number of anilines is 1. The molecule has 0 atom stereocenters. The molecule has 2 amide bonds. The monoisotopic (exact) mass is 404 g/mol. The maximum absolute atomic E-state index is 12.9. The van der Waals surface area contributed by atoms with E-state index in [2.05, 4.69) is 5.32 Å². The summed E-state index contributed by atoms with van der Waals surface area (Å²) in [4.78, 5) is 26.5. The van der Waals surface area contributed by atoms with Crippen LogP contribution in [0.3, 0.4) is 0 Å². The molecule has 30 heavy (non-hydrogen) atoms. The van der Waals surface area contributed by atoms with E-state index in [4.69, 9.17) is 9.15 Å². The van der Waals surface area contributed by atoms with E-state index in [9.17, 15) is 9.59 Å². The predicted octanol–water partition coefficient (Wildman–Crippen LogP) is 4.04. The van der Waals surface area contributed by atoms with Gasteiger partial charge in [-0.25, -0.2) is 0 Å². The number of fused-ring (bicyclic) bond motifs is 1. The van der Waals surface area contributed by atoms with Crippen LogP contribution in [0.25, 0.3) is 11.3 Å². The summed E-state index contributed by atoms with van der Waals surface area (Å²) in [6.07, 6.45) is 0.678. The Morgan fingerprint density at radius 3 is 2.77 bits per heavy atom. The lowest BCUT2D eigenvalue weighted by molar-refractivity contribution is -0.119. The lowest BCUT2D eigenvalue weighted by Crippen LogP contribution is -2.35. The Balaban J connectivity index is 1.51. The summed E-state index contributed by atoms with van der Waals surface area (Å²) < 4.78 is 10.9. The van der Waals surface area contributed by atoms with Crippen molar-refractivity contribution in [3.8, 4) is 11.3 Å². The Labute approximate surface area is 175 Å². The molecule has 1 aromatic heterocycles. The van der Waals surface area contributed by atoms with Crippen molar-refractivity contribution in [3.05, 3.63) is 77.0 Å². The Bertz CT molecular complexity index is 1090. The molecular weight excluding hydrogens is 380 g/mol. The van der Waals surface area contributed by atoms with Gasteiger partial charge in [-0.15, -0.1) is 0 Å². The molecule has 0 aliphatic carbocycles. The number of benzene rings is 2. The van der Waals surface area contributed by atoms with Gasteiger partial charge < -0.3 is 19.4 Å². The first-order valence-corrected chi connectivity index (χ1v) is 9.90. The second-order valence-electron chi connectivity index (χ2n) is 7.47. The predicted molar refractivity (Wildman–Crippen MR) is 114 cm³/mol. The lowest BCUT2D eigenvalue weighted by Gasteiger charge is -2.26. The number of aryl methyl sites for hydroxylation is 1. The molecule has 1 aliphatic rings. The first-order chi connectivity index (χ1) is 14.5. The molecule has 0 saturated carbocycles. The lowest BCUT2D eigenvalue weighted by atomic mass is 10.1. The Kier molecular flexibility index (Phi) is 5.68. The van der Waals surface area contributed by atoms with Crippen molar-refractivity contribution in [1.82, 2.24) is 4.90 Å². The fraction of sp³-hybridized carbons (Fsp3) is 0.250. The third-order valence-electron chi connectivity index (χ3n) is 5.13. The van der Waals surface area contributed by atoms with E-state index in [0.29, 0.717) is 30.8 Å². The third-order valence-corrected chi connectivity index (χ3v) is 5.13. The minimum atomic E-state index is -0.210. The zero-order valence-electron chi connectivity index (χ0n) is 17.1. The second kappa shape index (κ2) is 8.55. The normalized spacial score (nSPS) is 13.1. The highest BCUT2D eigenvalue weighted by Gasteiger charge is 2.25. The van der Waals surface area contributed by atoms with Crippen LogP contribution in [0.5, 0.6) is 0 Å². The molecule has 4 rings (SSSR count). The van der Waals surface area contributed by atoms with Gasteiger partial charge in [-0.2, -0.15) is 0 Å². The van der Waals surface area contributed by atoms with E-state index in [1.54, 1.807) is 0 Å². The van der Waals surface area contributed by atoms with Gasteiger partial charge in [0.15, 0.2) is 0 Å². The first kappa shape index (κ1) is 19.9. The van der Waals surface area contributed by atoms with E-state index in [0.717, 1.165) is 28.2 Å². The first-order valence-electron chi connectivity index (χ1n) is 9.90. The van der Waals surface area contributed by atoms with Gasteiger partial charge in [0.05, 0.1) is 0 Å². The summed E-state index contributed by atoms with van der Waals surface area (Å²) >= 11 is 0. The Morgan fingerprint density at radius 1 is 1.13 bits per heavy atom. The van der Waals surface area contributed by atoms with Crippen molar-refractivity contribution in [2.45, 2.75) is 19.9 Å².